The fourth-order valence-corrected chi connectivity index (χ4v) is 4.04. The number of benzene rings is 1. The Bertz CT molecular complexity index is 465. The van der Waals surface area contributed by atoms with E-state index in [9.17, 15) is 9.90 Å². The van der Waals surface area contributed by atoms with Gasteiger partial charge in [-0.25, -0.2) is 0 Å². The van der Waals surface area contributed by atoms with Gasteiger partial charge >= 0.3 is 0 Å². The normalized spacial score (nSPS) is 17.8. The lowest BCUT2D eigenvalue weighted by Gasteiger charge is -2.35. The summed E-state index contributed by atoms with van der Waals surface area (Å²) in [6.45, 7) is 0.696. The second-order valence-corrected chi connectivity index (χ2v) is 7.39. The van der Waals surface area contributed by atoms with Crippen LogP contribution in [0.1, 0.15) is 42.5 Å². The smallest absolute Gasteiger partial charge is 0.251 e. The van der Waals surface area contributed by atoms with E-state index >= 15 is 0 Å². The Morgan fingerprint density at radius 2 is 1.75 bits per heavy atom. The minimum atomic E-state index is -0.128. The van der Waals surface area contributed by atoms with Gasteiger partial charge in [-0.1, -0.05) is 51.1 Å². The van der Waals surface area contributed by atoms with E-state index < -0.39 is 0 Å². The third-order valence-electron chi connectivity index (χ3n) is 4.00. The topological polar surface area (TPSA) is 49.3 Å². The molecule has 1 saturated carbocycles. The molecule has 0 spiro atoms. The number of halogens is 2. The Labute approximate surface area is 136 Å². The molecule has 0 bridgehead atoms. The molecule has 110 valence electrons. The van der Waals surface area contributed by atoms with Gasteiger partial charge in [-0.15, -0.1) is 0 Å². The molecular weight excluding hydrogens is 386 g/mol. The van der Waals surface area contributed by atoms with E-state index in [0.29, 0.717) is 12.1 Å². The van der Waals surface area contributed by atoms with Crippen molar-refractivity contribution in [2.24, 2.45) is 5.41 Å². The summed E-state index contributed by atoms with van der Waals surface area (Å²) in [6, 6.07) is 5.49. The van der Waals surface area contributed by atoms with Crippen LogP contribution in [0.15, 0.2) is 27.1 Å². The molecule has 0 aromatic heterocycles. The molecule has 2 rings (SSSR count). The zero-order chi connectivity index (χ0) is 14.6. The highest BCUT2D eigenvalue weighted by atomic mass is 79.9. The average molecular weight is 405 g/mol. The molecule has 1 fully saturated rings. The van der Waals surface area contributed by atoms with E-state index in [-0.39, 0.29) is 17.9 Å². The minimum absolute atomic E-state index is 0.0922. The first-order valence-corrected chi connectivity index (χ1v) is 8.48. The second-order valence-electron chi connectivity index (χ2n) is 5.56. The number of hydrogen-bond donors (Lipinski definition) is 2. The molecule has 5 heteroatoms. The first-order chi connectivity index (χ1) is 9.54. The number of rotatable bonds is 4. The molecule has 0 radical (unpaired) electrons. The lowest BCUT2D eigenvalue weighted by molar-refractivity contribution is 0.0718. The molecule has 1 amide bonds. The minimum Gasteiger partial charge on any atom is -0.396 e. The maximum Gasteiger partial charge on any atom is 0.251 e. The number of aliphatic hydroxyl groups excluding tert-OH is 1. The van der Waals surface area contributed by atoms with Crippen LogP contribution in [0.25, 0.3) is 0 Å². The van der Waals surface area contributed by atoms with Crippen LogP contribution in [-0.4, -0.2) is 24.2 Å². The number of hydrogen-bond acceptors (Lipinski definition) is 2. The van der Waals surface area contributed by atoms with Crippen LogP contribution in [-0.2, 0) is 0 Å². The van der Waals surface area contributed by atoms with Crippen molar-refractivity contribution < 1.29 is 9.90 Å². The molecule has 0 atom stereocenters. The van der Waals surface area contributed by atoms with Gasteiger partial charge in [0.2, 0.25) is 0 Å². The van der Waals surface area contributed by atoms with Gasteiger partial charge in [0.25, 0.3) is 5.91 Å². The third-order valence-corrected chi connectivity index (χ3v) is 4.91. The average Bonchev–Trinajstić information content (AvgIpc) is 2.45. The van der Waals surface area contributed by atoms with E-state index in [1.165, 1.54) is 6.42 Å². The van der Waals surface area contributed by atoms with E-state index in [2.05, 4.69) is 37.2 Å². The maximum absolute atomic E-state index is 12.2. The standard InChI is InChI=1S/C15H19Br2NO2/c16-12-6-11(7-13(17)8-12)14(20)18-9-15(10-19)4-2-1-3-5-15/h6-8,19H,1-5,9-10H2,(H,18,20). The lowest BCUT2D eigenvalue weighted by Crippen LogP contribution is -2.41. The quantitative estimate of drug-likeness (QED) is 0.799. The number of aliphatic hydroxyl groups is 1. The van der Waals surface area contributed by atoms with Crippen molar-refractivity contribution in [2.45, 2.75) is 32.1 Å². The Morgan fingerprint density at radius 3 is 2.30 bits per heavy atom. The van der Waals surface area contributed by atoms with Gasteiger partial charge in [0.1, 0.15) is 0 Å². The van der Waals surface area contributed by atoms with Crippen molar-refractivity contribution in [3.05, 3.63) is 32.7 Å². The number of nitrogens with one attached hydrogen (secondary N) is 1. The van der Waals surface area contributed by atoms with Gasteiger partial charge in [-0.3, -0.25) is 4.79 Å². The molecule has 1 aromatic carbocycles. The van der Waals surface area contributed by atoms with Crippen molar-refractivity contribution in [3.63, 3.8) is 0 Å². The molecule has 0 unspecified atom stereocenters. The van der Waals surface area contributed by atoms with Crippen molar-refractivity contribution in [1.29, 1.82) is 0 Å². The first-order valence-electron chi connectivity index (χ1n) is 6.90. The summed E-state index contributed by atoms with van der Waals surface area (Å²) >= 11 is 6.77. The summed E-state index contributed by atoms with van der Waals surface area (Å²) in [5, 5.41) is 12.6. The Morgan fingerprint density at radius 1 is 1.15 bits per heavy atom. The number of amides is 1. The van der Waals surface area contributed by atoms with Gasteiger partial charge in [0.05, 0.1) is 6.61 Å². The van der Waals surface area contributed by atoms with Crippen molar-refractivity contribution in [1.82, 2.24) is 5.32 Å². The van der Waals surface area contributed by atoms with E-state index in [1.807, 2.05) is 6.07 Å². The Kier molecular flexibility index (Phi) is 5.64. The van der Waals surface area contributed by atoms with Gasteiger partial charge in [-0.2, -0.15) is 0 Å². The summed E-state index contributed by atoms with van der Waals surface area (Å²) in [5.74, 6) is -0.0922. The van der Waals surface area contributed by atoms with Gasteiger partial charge in [0.15, 0.2) is 0 Å². The predicted octanol–water partition coefficient (Wildman–Crippen LogP) is 3.88. The van der Waals surface area contributed by atoms with Crippen molar-refractivity contribution in [2.75, 3.05) is 13.2 Å². The monoisotopic (exact) mass is 403 g/mol. The highest BCUT2D eigenvalue weighted by molar-refractivity contribution is 9.11. The van der Waals surface area contributed by atoms with Crippen LogP contribution >= 0.6 is 31.9 Å². The molecule has 1 aliphatic rings. The van der Waals surface area contributed by atoms with Crippen LogP contribution in [0, 0.1) is 5.41 Å². The van der Waals surface area contributed by atoms with Crippen LogP contribution in [0.2, 0.25) is 0 Å². The predicted molar refractivity (Wildman–Crippen MR) is 86.8 cm³/mol. The summed E-state index contributed by atoms with van der Waals surface area (Å²) in [5.41, 5.74) is 0.493. The third kappa shape index (κ3) is 4.06. The molecule has 3 nitrogen and oxygen atoms in total. The van der Waals surface area contributed by atoms with Gasteiger partial charge < -0.3 is 10.4 Å². The molecular formula is C15H19Br2NO2. The molecule has 0 heterocycles. The van der Waals surface area contributed by atoms with Crippen LogP contribution in [0.4, 0.5) is 0 Å². The number of carbonyl (C=O) groups is 1. The highest BCUT2D eigenvalue weighted by Crippen LogP contribution is 2.35. The fraction of sp³-hybridized carbons (Fsp3) is 0.533. The zero-order valence-electron chi connectivity index (χ0n) is 11.3. The molecule has 1 aromatic rings. The van der Waals surface area contributed by atoms with Crippen molar-refractivity contribution >= 4 is 37.8 Å². The molecule has 0 aliphatic heterocycles. The second kappa shape index (κ2) is 7.05. The molecule has 0 saturated heterocycles. The molecule has 2 N–H and O–H groups in total. The van der Waals surface area contributed by atoms with E-state index in [1.54, 1.807) is 12.1 Å². The van der Waals surface area contributed by atoms with Crippen LogP contribution in [0.3, 0.4) is 0 Å². The molecule has 1 aliphatic carbocycles. The Hall–Kier alpha value is -0.390. The lowest BCUT2D eigenvalue weighted by atomic mass is 9.74. The number of carbonyl (C=O) groups excluding carboxylic acids is 1. The summed E-state index contributed by atoms with van der Waals surface area (Å²) in [4.78, 5) is 12.2. The molecule has 20 heavy (non-hydrogen) atoms. The van der Waals surface area contributed by atoms with E-state index in [0.717, 1.165) is 34.6 Å². The van der Waals surface area contributed by atoms with Crippen LogP contribution in [0.5, 0.6) is 0 Å². The van der Waals surface area contributed by atoms with Gasteiger partial charge in [0, 0.05) is 26.5 Å². The summed E-state index contributed by atoms with van der Waals surface area (Å²) in [7, 11) is 0. The summed E-state index contributed by atoms with van der Waals surface area (Å²) < 4.78 is 1.73. The van der Waals surface area contributed by atoms with Gasteiger partial charge in [-0.05, 0) is 31.0 Å². The highest BCUT2D eigenvalue weighted by Gasteiger charge is 2.31. The Balaban J connectivity index is 2.00. The van der Waals surface area contributed by atoms with Crippen LogP contribution < -0.4 is 5.32 Å². The maximum atomic E-state index is 12.2. The fourth-order valence-electron chi connectivity index (χ4n) is 2.75. The zero-order valence-corrected chi connectivity index (χ0v) is 14.5. The first kappa shape index (κ1) is 16.0. The summed E-state index contributed by atoms with van der Waals surface area (Å²) in [6.07, 6.45) is 5.49. The van der Waals surface area contributed by atoms with Crippen molar-refractivity contribution in [3.8, 4) is 0 Å². The van der Waals surface area contributed by atoms with E-state index in [4.69, 9.17) is 0 Å². The largest absolute Gasteiger partial charge is 0.396 e. The SMILES string of the molecule is O=C(NCC1(CO)CCCCC1)c1cc(Br)cc(Br)c1.